The van der Waals surface area contributed by atoms with Gasteiger partial charge in [0.15, 0.2) is 0 Å². The first-order valence-electron chi connectivity index (χ1n) is 8.43. The zero-order valence-electron chi connectivity index (χ0n) is 15.8. The topological polar surface area (TPSA) is 82.7 Å². The predicted molar refractivity (Wildman–Crippen MR) is 114 cm³/mol. The highest BCUT2D eigenvalue weighted by molar-refractivity contribution is 6.36. The molecule has 0 saturated carbocycles. The maximum absolute atomic E-state index is 12.5. The van der Waals surface area contributed by atoms with E-state index in [0.717, 1.165) is 5.69 Å². The van der Waals surface area contributed by atoms with E-state index in [1.165, 1.54) is 6.07 Å². The zero-order chi connectivity index (χ0) is 20.7. The first kappa shape index (κ1) is 21.8. The third kappa shape index (κ3) is 6.02. The summed E-state index contributed by atoms with van der Waals surface area (Å²) in [5, 5.41) is 8.92. The van der Waals surface area contributed by atoms with Crippen LogP contribution in [0.4, 0.5) is 21.9 Å². The van der Waals surface area contributed by atoms with Gasteiger partial charge in [0.05, 0.1) is 22.9 Å². The van der Waals surface area contributed by atoms with Crippen molar-refractivity contribution in [1.82, 2.24) is 5.32 Å². The summed E-state index contributed by atoms with van der Waals surface area (Å²) in [6.45, 7) is 0.792. The summed E-state index contributed by atoms with van der Waals surface area (Å²) in [5.41, 5.74) is 2.04. The van der Waals surface area contributed by atoms with E-state index >= 15 is 0 Å². The number of hydrogen-bond donors (Lipinski definition) is 3. The molecule has 2 aromatic rings. The Labute approximate surface area is 173 Å². The minimum atomic E-state index is -0.493. The number of ether oxygens (including phenoxy) is 1. The number of anilines is 3. The van der Waals surface area contributed by atoms with E-state index in [2.05, 4.69) is 16.0 Å². The first-order chi connectivity index (χ1) is 13.3. The van der Waals surface area contributed by atoms with Crippen LogP contribution in [0.3, 0.4) is 0 Å². The molecule has 2 rings (SSSR count). The van der Waals surface area contributed by atoms with Crippen LogP contribution in [-0.4, -0.2) is 46.3 Å². The summed E-state index contributed by atoms with van der Waals surface area (Å²) in [4.78, 5) is 26.6. The molecule has 2 aromatic carbocycles. The Morgan fingerprint density at radius 2 is 1.82 bits per heavy atom. The monoisotopic (exact) mass is 424 g/mol. The fraction of sp³-hybridized carbons (Fsp3) is 0.263. The minimum absolute atomic E-state index is 0.259. The number of nitrogens with zero attached hydrogens (tertiary/aromatic N) is 1. The second-order valence-corrected chi connectivity index (χ2v) is 6.92. The molecule has 0 spiro atoms. The van der Waals surface area contributed by atoms with Crippen molar-refractivity contribution in [3.8, 4) is 0 Å². The van der Waals surface area contributed by atoms with Crippen LogP contribution in [0.1, 0.15) is 10.4 Å². The van der Waals surface area contributed by atoms with Crippen molar-refractivity contribution in [2.75, 3.05) is 49.9 Å². The lowest BCUT2D eigenvalue weighted by molar-refractivity contribution is 0.0937. The number of benzene rings is 2. The fourth-order valence-electron chi connectivity index (χ4n) is 2.42. The molecule has 0 aliphatic heterocycles. The molecule has 0 aliphatic carbocycles. The Morgan fingerprint density at radius 3 is 2.46 bits per heavy atom. The van der Waals surface area contributed by atoms with Crippen molar-refractivity contribution in [2.45, 2.75) is 0 Å². The Bertz CT molecular complexity index is 859. The van der Waals surface area contributed by atoms with Gasteiger partial charge in [-0.15, -0.1) is 0 Å². The van der Waals surface area contributed by atoms with Gasteiger partial charge in [-0.2, -0.15) is 0 Å². The third-order valence-electron chi connectivity index (χ3n) is 3.75. The highest BCUT2D eigenvalue weighted by atomic mass is 35.5. The molecule has 3 N–H and O–H groups in total. The smallest absolute Gasteiger partial charge is 0.323 e. The number of methoxy groups -OCH3 is 1. The molecule has 7 nitrogen and oxygen atoms in total. The molecular weight excluding hydrogens is 403 g/mol. The van der Waals surface area contributed by atoms with Crippen LogP contribution in [0.2, 0.25) is 10.0 Å². The first-order valence-corrected chi connectivity index (χ1v) is 9.19. The van der Waals surface area contributed by atoms with Crippen LogP contribution in [0.25, 0.3) is 0 Å². The molecular formula is C19H22Cl2N4O3. The maximum atomic E-state index is 12.5. The number of carbonyl (C=O) groups is 2. The van der Waals surface area contributed by atoms with Gasteiger partial charge < -0.3 is 25.6 Å². The standard InChI is InChI=1S/C19H22Cl2N4O3/c1-25(2)17-7-5-13(11-14(17)18(26)22-8-9-28-3)23-19(27)24-16-6-4-12(20)10-15(16)21/h4-7,10-11H,8-9H2,1-3H3,(H,22,26)(H2,23,24,27). The Morgan fingerprint density at radius 1 is 1.07 bits per heavy atom. The van der Waals surface area contributed by atoms with Gasteiger partial charge in [-0.25, -0.2) is 4.79 Å². The molecule has 150 valence electrons. The number of carbonyl (C=O) groups excluding carboxylic acids is 2. The number of hydrogen-bond acceptors (Lipinski definition) is 4. The lowest BCUT2D eigenvalue weighted by Gasteiger charge is -2.18. The van der Waals surface area contributed by atoms with E-state index in [9.17, 15) is 9.59 Å². The van der Waals surface area contributed by atoms with Crippen LogP contribution in [0.15, 0.2) is 36.4 Å². The summed E-state index contributed by atoms with van der Waals surface area (Å²) < 4.78 is 4.95. The second-order valence-electron chi connectivity index (χ2n) is 6.08. The Hall–Kier alpha value is -2.48. The number of amides is 3. The van der Waals surface area contributed by atoms with Crippen LogP contribution >= 0.6 is 23.2 Å². The highest BCUT2D eigenvalue weighted by Gasteiger charge is 2.15. The molecule has 0 saturated heterocycles. The van der Waals surface area contributed by atoms with Gasteiger partial charge in [-0.1, -0.05) is 23.2 Å². The van der Waals surface area contributed by atoms with Crippen LogP contribution < -0.4 is 20.9 Å². The van der Waals surface area contributed by atoms with E-state index in [-0.39, 0.29) is 5.91 Å². The molecule has 9 heteroatoms. The molecule has 0 heterocycles. The van der Waals surface area contributed by atoms with E-state index in [4.69, 9.17) is 27.9 Å². The second kappa shape index (κ2) is 10.2. The summed E-state index contributed by atoms with van der Waals surface area (Å²) in [7, 11) is 5.24. The van der Waals surface area contributed by atoms with Crippen molar-refractivity contribution in [3.63, 3.8) is 0 Å². The molecule has 0 aromatic heterocycles. The Kier molecular flexibility index (Phi) is 7.92. The molecule has 0 atom stereocenters. The molecule has 3 amide bonds. The lowest BCUT2D eigenvalue weighted by Crippen LogP contribution is -2.29. The molecule has 0 unspecified atom stereocenters. The number of urea groups is 1. The molecule has 0 fully saturated rings. The summed E-state index contributed by atoms with van der Waals surface area (Å²) in [6.07, 6.45) is 0. The van der Waals surface area contributed by atoms with Crippen molar-refractivity contribution in [3.05, 3.63) is 52.0 Å². The molecule has 0 radical (unpaired) electrons. The number of nitrogens with one attached hydrogen (secondary N) is 3. The van der Waals surface area contributed by atoms with Gasteiger partial charge in [0.2, 0.25) is 0 Å². The van der Waals surface area contributed by atoms with Crippen LogP contribution in [-0.2, 0) is 4.74 Å². The minimum Gasteiger partial charge on any atom is -0.383 e. The van der Waals surface area contributed by atoms with Gasteiger partial charge >= 0.3 is 6.03 Å². The lowest BCUT2D eigenvalue weighted by atomic mass is 10.1. The number of rotatable bonds is 7. The molecule has 0 bridgehead atoms. The van der Waals surface area contributed by atoms with Gasteiger partial charge in [0, 0.05) is 44.1 Å². The van der Waals surface area contributed by atoms with E-state index < -0.39 is 6.03 Å². The average molecular weight is 425 g/mol. The van der Waals surface area contributed by atoms with Gasteiger partial charge in [-0.3, -0.25) is 4.79 Å². The quantitative estimate of drug-likeness (QED) is 0.584. The maximum Gasteiger partial charge on any atom is 0.323 e. The molecule has 28 heavy (non-hydrogen) atoms. The van der Waals surface area contributed by atoms with Crippen molar-refractivity contribution in [1.29, 1.82) is 0 Å². The van der Waals surface area contributed by atoms with Crippen molar-refractivity contribution in [2.24, 2.45) is 0 Å². The van der Waals surface area contributed by atoms with Crippen molar-refractivity contribution >= 4 is 52.2 Å². The summed E-state index contributed by atoms with van der Waals surface area (Å²) in [6, 6.07) is 9.35. The largest absolute Gasteiger partial charge is 0.383 e. The Balaban J connectivity index is 2.15. The third-order valence-corrected chi connectivity index (χ3v) is 4.30. The van der Waals surface area contributed by atoms with E-state index in [1.54, 1.807) is 37.4 Å². The number of halogens is 2. The van der Waals surface area contributed by atoms with Gasteiger partial charge in [-0.05, 0) is 36.4 Å². The normalized spacial score (nSPS) is 10.3. The van der Waals surface area contributed by atoms with E-state index in [1.807, 2.05) is 19.0 Å². The van der Waals surface area contributed by atoms with Gasteiger partial charge in [0.1, 0.15) is 0 Å². The fourth-order valence-corrected chi connectivity index (χ4v) is 2.88. The summed E-state index contributed by atoms with van der Waals surface area (Å²) in [5.74, 6) is -0.259. The molecule has 0 aliphatic rings. The SMILES string of the molecule is COCCNC(=O)c1cc(NC(=O)Nc2ccc(Cl)cc2Cl)ccc1N(C)C. The zero-order valence-corrected chi connectivity index (χ0v) is 17.3. The summed E-state index contributed by atoms with van der Waals surface area (Å²) >= 11 is 11.9. The van der Waals surface area contributed by atoms with Crippen LogP contribution in [0, 0.1) is 0 Å². The van der Waals surface area contributed by atoms with E-state index in [0.29, 0.717) is 40.1 Å². The predicted octanol–water partition coefficient (Wildman–Crippen LogP) is 4.08. The van der Waals surface area contributed by atoms with Gasteiger partial charge in [0.25, 0.3) is 5.91 Å². The highest BCUT2D eigenvalue weighted by Crippen LogP contribution is 2.26. The average Bonchev–Trinajstić information content (AvgIpc) is 2.64. The van der Waals surface area contributed by atoms with Crippen LogP contribution in [0.5, 0.6) is 0 Å². The van der Waals surface area contributed by atoms with Crippen molar-refractivity contribution < 1.29 is 14.3 Å².